The lowest BCUT2D eigenvalue weighted by atomic mass is 9.73. The van der Waals surface area contributed by atoms with Crippen LogP contribution in [-0.4, -0.2) is 60.4 Å². The first-order chi connectivity index (χ1) is 15.5. The summed E-state index contributed by atoms with van der Waals surface area (Å²) < 4.78 is 15.8. The SMILES string of the molecule is COC(=O)N1C=C[C@H](C(C)(C)C(=O)OC)C(C(=O)N2[C@@H](Cc3ccccc3)COC2(C)C)=C1. The minimum Gasteiger partial charge on any atom is -0.469 e. The number of allylic oxidation sites excluding steroid dienone is 1. The Labute approximate surface area is 194 Å². The molecule has 3 rings (SSSR count). The van der Waals surface area contributed by atoms with Gasteiger partial charge in [0, 0.05) is 23.9 Å². The van der Waals surface area contributed by atoms with Crippen LogP contribution in [0.4, 0.5) is 4.79 Å². The smallest absolute Gasteiger partial charge is 0.417 e. The third kappa shape index (κ3) is 4.80. The number of esters is 1. The minimum atomic E-state index is -1.05. The van der Waals surface area contributed by atoms with Crippen LogP contribution in [0.25, 0.3) is 0 Å². The molecule has 33 heavy (non-hydrogen) atoms. The molecule has 0 aliphatic carbocycles. The van der Waals surface area contributed by atoms with Crippen LogP contribution in [-0.2, 0) is 30.2 Å². The summed E-state index contributed by atoms with van der Waals surface area (Å²) in [5.74, 6) is -1.38. The van der Waals surface area contributed by atoms with Crippen molar-refractivity contribution in [2.24, 2.45) is 11.3 Å². The largest absolute Gasteiger partial charge is 0.469 e. The quantitative estimate of drug-likeness (QED) is 0.631. The molecule has 2 heterocycles. The van der Waals surface area contributed by atoms with Crippen LogP contribution in [0.5, 0.6) is 0 Å². The Morgan fingerprint density at radius 1 is 1.12 bits per heavy atom. The molecule has 0 spiro atoms. The number of benzene rings is 1. The highest BCUT2D eigenvalue weighted by molar-refractivity contribution is 5.97. The number of hydrogen-bond donors (Lipinski definition) is 0. The molecule has 2 atom stereocenters. The maximum atomic E-state index is 14.1. The molecule has 8 heteroatoms. The summed E-state index contributed by atoms with van der Waals surface area (Å²) in [5, 5.41) is 0. The number of hydrogen-bond acceptors (Lipinski definition) is 6. The minimum absolute atomic E-state index is 0.213. The van der Waals surface area contributed by atoms with Crippen LogP contribution in [0, 0.1) is 11.3 Å². The lowest BCUT2D eigenvalue weighted by Crippen LogP contribution is -2.51. The topological polar surface area (TPSA) is 85.4 Å². The number of methoxy groups -OCH3 is 2. The first-order valence-corrected chi connectivity index (χ1v) is 10.9. The summed E-state index contributed by atoms with van der Waals surface area (Å²) in [6, 6.07) is 9.68. The third-order valence-electron chi connectivity index (χ3n) is 6.28. The first-order valence-electron chi connectivity index (χ1n) is 10.9. The van der Waals surface area contributed by atoms with Crippen LogP contribution in [0.3, 0.4) is 0 Å². The number of nitrogens with zero attached hydrogens (tertiary/aromatic N) is 2. The standard InChI is InChI=1S/C25H32N2O6/c1-24(2,22(29)31-5)20-12-13-26(23(30)32-6)15-19(20)21(28)27-18(16-33-25(27,3)4)14-17-10-8-7-9-11-17/h7-13,15,18,20H,14,16H2,1-6H3/t18-,20-/m0/s1. The molecule has 8 nitrogen and oxygen atoms in total. The molecule has 0 N–H and O–H groups in total. The van der Waals surface area contributed by atoms with Gasteiger partial charge in [0.25, 0.3) is 5.91 Å². The average molecular weight is 457 g/mol. The summed E-state index contributed by atoms with van der Waals surface area (Å²) in [6.07, 6.45) is 4.59. The Bertz CT molecular complexity index is 966. The van der Waals surface area contributed by atoms with Gasteiger partial charge in [-0.2, -0.15) is 0 Å². The highest BCUT2D eigenvalue weighted by Crippen LogP contribution is 2.40. The number of carbonyl (C=O) groups excluding carboxylic acids is 3. The van der Waals surface area contributed by atoms with Gasteiger partial charge in [-0.1, -0.05) is 36.4 Å². The summed E-state index contributed by atoms with van der Waals surface area (Å²) in [6.45, 7) is 7.50. The highest BCUT2D eigenvalue weighted by Gasteiger charge is 2.49. The molecule has 178 valence electrons. The fraction of sp³-hybridized carbons (Fsp3) is 0.480. The first kappa shape index (κ1) is 24.5. The van der Waals surface area contributed by atoms with E-state index in [1.807, 2.05) is 44.2 Å². The van der Waals surface area contributed by atoms with Crippen molar-refractivity contribution in [3.63, 3.8) is 0 Å². The van der Waals surface area contributed by atoms with E-state index in [0.717, 1.165) is 5.56 Å². The van der Waals surface area contributed by atoms with E-state index in [4.69, 9.17) is 14.2 Å². The second-order valence-corrected chi connectivity index (χ2v) is 9.27. The fourth-order valence-electron chi connectivity index (χ4n) is 4.45. The van der Waals surface area contributed by atoms with E-state index < -0.39 is 29.1 Å². The van der Waals surface area contributed by atoms with Gasteiger partial charge in [0.2, 0.25) is 0 Å². The molecule has 2 aliphatic rings. The van der Waals surface area contributed by atoms with Crippen molar-refractivity contribution in [3.05, 3.63) is 59.9 Å². The van der Waals surface area contributed by atoms with Gasteiger partial charge in [0.1, 0.15) is 5.72 Å². The van der Waals surface area contributed by atoms with E-state index in [-0.39, 0.29) is 17.5 Å². The molecule has 2 aliphatic heterocycles. The van der Waals surface area contributed by atoms with E-state index in [1.165, 1.54) is 31.5 Å². The van der Waals surface area contributed by atoms with Gasteiger partial charge in [-0.3, -0.25) is 14.5 Å². The van der Waals surface area contributed by atoms with Crippen molar-refractivity contribution in [2.45, 2.75) is 45.9 Å². The van der Waals surface area contributed by atoms with Crippen LogP contribution >= 0.6 is 0 Å². The Morgan fingerprint density at radius 2 is 1.79 bits per heavy atom. The van der Waals surface area contributed by atoms with Crippen molar-refractivity contribution in [2.75, 3.05) is 20.8 Å². The molecule has 0 radical (unpaired) electrons. The zero-order valence-corrected chi connectivity index (χ0v) is 20.0. The van der Waals surface area contributed by atoms with Crippen LogP contribution in [0.2, 0.25) is 0 Å². The van der Waals surface area contributed by atoms with E-state index >= 15 is 0 Å². The maximum absolute atomic E-state index is 14.1. The van der Waals surface area contributed by atoms with Crippen LogP contribution < -0.4 is 0 Å². The predicted molar refractivity (Wildman–Crippen MR) is 122 cm³/mol. The Hall–Kier alpha value is -3.13. The molecule has 0 unspecified atom stereocenters. The fourth-order valence-corrected chi connectivity index (χ4v) is 4.45. The van der Waals surface area contributed by atoms with Crippen molar-refractivity contribution in [3.8, 4) is 0 Å². The molecular formula is C25H32N2O6. The lowest BCUT2D eigenvalue weighted by Gasteiger charge is -2.39. The Kier molecular flexibility index (Phi) is 6.97. The summed E-state index contributed by atoms with van der Waals surface area (Å²) in [5.41, 5.74) is -0.542. The van der Waals surface area contributed by atoms with Crippen LogP contribution in [0.1, 0.15) is 33.3 Å². The summed E-state index contributed by atoms with van der Waals surface area (Å²) in [7, 11) is 2.58. The summed E-state index contributed by atoms with van der Waals surface area (Å²) in [4.78, 5) is 41.8. The van der Waals surface area contributed by atoms with Crippen molar-refractivity contribution in [1.82, 2.24) is 9.80 Å². The average Bonchev–Trinajstić information content (AvgIpc) is 3.11. The molecule has 1 aromatic rings. The van der Waals surface area contributed by atoms with Crippen LogP contribution in [0.15, 0.2) is 54.4 Å². The van der Waals surface area contributed by atoms with Gasteiger partial charge in [-0.25, -0.2) is 4.79 Å². The molecular weight excluding hydrogens is 424 g/mol. The lowest BCUT2D eigenvalue weighted by molar-refractivity contribution is -0.153. The van der Waals surface area contributed by atoms with Crippen molar-refractivity contribution in [1.29, 1.82) is 0 Å². The van der Waals surface area contributed by atoms with Gasteiger partial charge in [-0.05, 0) is 39.7 Å². The second-order valence-electron chi connectivity index (χ2n) is 9.27. The van der Waals surface area contributed by atoms with Gasteiger partial charge >= 0.3 is 12.1 Å². The number of ether oxygens (including phenoxy) is 3. The summed E-state index contributed by atoms with van der Waals surface area (Å²) >= 11 is 0. The monoisotopic (exact) mass is 456 g/mol. The van der Waals surface area contributed by atoms with Gasteiger partial charge in [-0.15, -0.1) is 0 Å². The number of carbonyl (C=O) groups is 3. The van der Waals surface area contributed by atoms with E-state index in [0.29, 0.717) is 13.0 Å². The van der Waals surface area contributed by atoms with E-state index in [9.17, 15) is 14.4 Å². The Morgan fingerprint density at radius 3 is 2.39 bits per heavy atom. The zero-order chi connectivity index (χ0) is 24.4. The second kappa shape index (κ2) is 9.39. The molecule has 0 saturated carbocycles. The Balaban J connectivity index is 2.01. The highest BCUT2D eigenvalue weighted by atomic mass is 16.5. The zero-order valence-electron chi connectivity index (χ0n) is 20.0. The van der Waals surface area contributed by atoms with Gasteiger partial charge in [0.15, 0.2) is 0 Å². The molecule has 1 saturated heterocycles. The normalized spacial score (nSPS) is 22.1. The van der Waals surface area contributed by atoms with Crippen molar-refractivity contribution >= 4 is 18.0 Å². The molecule has 1 fully saturated rings. The van der Waals surface area contributed by atoms with Gasteiger partial charge < -0.3 is 19.1 Å². The van der Waals surface area contributed by atoms with E-state index in [2.05, 4.69) is 0 Å². The molecule has 2 amide bonds. The van der Waals surface area contributed by atoms with Crippen molar-refractivity contribution < 1.29 is 28.6 Å². The third-order valence-corrected chi connectivity index (χ3v) is 6.28. The van der Waals surface area contributed by atoms with E-state index in [1.54, 1.807) is 24.8 Å². The predicted octanol–water partition coefficient (Wildman–Crippen LogP) is 3.49. The molecule has 1 aromatic carbocycles. The number of rotatable bonds is 5. The molecule has 0 bridgehead atoms. The van der Waals surface area contributed by atoms with Gasteiger partial charge in [0.05, 0.1) is 32.3 Å². The maximum Gasteiger partial charge on any atom is 0.417 e. The molecule has 0 aromatic heterocycles. The number of amides is 2.